The van der Waals surface area contributed by atoms with Gasteiger partial charge in [0.25, 0.3) is 5.78 Å². The molecule has 1 unspecified atom stereocenters. The lowest BCUT2D eigenvalue weighted by Gasteiger charge is -2.22. The number of anilines is 1. The summed E-state index contributed by atoms with van der Waals surface area (Å²) in [5.74, 6) is -2.73. The van der Waals surface area contributed by atoms with Crippen LogP contribution in [0.3, 0.4) is 0 Å². The molecule has 9 heteroatoms. The van der Waals surface area contributed by atoms with Gasteiger partial charge in [-0.25, -0.2) is 9.37 Å². The molecular formula is C22H18FN3O4S. The molecule has 0 radical (unpaired) electrons. The molecule has 2 aromatic heterocycles. The van der Waals surface area contributed by atoms with Crippen molar-refractivity contribution in [2.45, 2.75) is 19.9 Å². The summed E-state index contributed by atoms with van der Waals surface area (Å²) in [6, 6.07) is 5.95. The molecule has 3 aromatic rings. The number of aromatic nitrogens is 2. The molecule has 0 aliphatic carbocycles. The average Bonchev–Trinajstić information content (AvgIpc) is 3.23. The first kappa shape index (κ1) is 20.7. The number of thiazole rings is 1. The van der Waals surface area contributed by atoms with E-state index in [1.807, 2.05) is 13.8 Å². The number of ether oxygens (including phenoxy) is 1. The zero-order valence-electron chi connectivity index (χ0n) is 16.9. The Morgan fingerprint density at radius 2 is 2.03 bits per heavy atom. The monoisotopic (exact) mass is 439 g/mol. The van der Waals surface area contributed by atoms with Crippen molar-refractivity contribution in [1.82, 2.24) is 9.97 Å². The molecule has 158 valence electrons. The van der Waals surface area contributed by atoms with Crippen LogP contribution in [-0.2, 0) is 9.59 Å². The van der Waals surface area contributed by atoms with Crippen molar-refractivity contribution in [3.63, 3.8) is 0 Å². The van der Waals surface area contributed by atoms with Gasteiger partial charge in [-0.2, -0.15) is 0 Å². The molecule has 1 fully saturated rings. The number of hydrogen-bond acceptors (Lipinski definition) is 7. The van der Waals surface area contributed by atoms with Crippen LogP contribution in [0.2, 0.25) is 0 Å². The number of Topliss-reactive ketones (excluding diaryl/α,β-unsaturated/α-hetero) is 1. The van der Waals surface area contributed by atoms with Gasteiger partial charge in [-0.05, 0) is 43.7 Å². The van der Waals surface area contributed by atoms with Crippen molar-refractivity contribution in [1.29, 1.82) is 0 Å². The molecule has 1 aliphatic rings. The van der Waals surface area contributed by atoms with Gasteiger partial charge < -0.3 is 9.84 Å². The summed E-state index contributed by atoms with van der Waals surface area (Å²) in [6.07, 6.45) is 3.07. The third-order valence-corrected chi connectivity index (χ3v) is 6.16. The minimum Gasteiger partial charge on any atom is -0.507 e. The number of amides is 1. The van der Waals surface area contributed by atoms with Crippen molar-refractivity contribution in [2.24, 2.45) is 0 Å². The highest BCUT2D eigenvalue weighted by molar-refractivity contribution is 7.16. The van der Waals surface area contributed by atoms with E-state index in [0.29, 0.717) is 10.7 Å². The maximum atomic E-state index is 13.9. The number of ketones is 1. The lowest BCUT2D eigenvalue weighted by molar-refractivity contribution is -0.132. The molecule has 1 N–H and O–H groups in total. The standard InChI is InChI=1S/C22H18FN3O4S/c1-11-12(2)31-22(25-11)26-18(13-5-4-8-24-10-13)17(20(28)21(26)29)19(27)15-9-14(23)6-7-16(15)30-3/h4-10,18,27H,1-3H3/b19-17+. The number of aliphatic hydroxyl groups excluding tert-OH is 1. The lowest BCUT2D eigenvalue weighted by Crippen LogP contribution is -2.29. The van der Waals surface area contributed by atoms with Gasteiger partial charge in [0.2, 0.25) is 0 Å². The van der Waals surface area contributed by atoms with Crippen LogP contribution in [0.5, 0.6) is 5.75 Å². The van der Waals surface area contributed by atoms with E-state index < -0.39 is 29.3 Å². The van der Waals surface area contributed by atoms with Crippen LogP contribution in [0, 0.1) is 19.7 Å². The van der Waals surface area contributed by atoms with Gasteiger partial charge in [0.1, 0.15) is 17.3 Å². The molecule has 1 atom stereocenters. The Hall–Kier alpha value is -3.59. The molecule has 0 bridgehead atoms. The van der Waals surface area contributed by atoms with E-state index in [-0.39, 0.29) is 16.9 Å². The minimum absolute atomic E-state index is 0.0270. The largest absolute Gasteiger partial charge is 0.507 e. The highest BCUT2D eigenvalue weighted by atomic mass is 32.1. The maximum absolute atomic E-state index is 13.9. The average molecular weight is 439 g/mol. The van der Waals surface area contributed by atoms with Crippen LogP contribution >= 0.6 is 11.3 Å². The number of hydrogen-bond donors (Lipinski definition) is 1. The highest BCUT2D eigenvalue weighted by Crippen LogP contribution is 2.44. The number of methoxy groups -OCH3 is 1. The Labute approximate surface area is 181 Å². The van der Waals surface area contributed by atoms with Gasteiger partial charge in [0.15, 0.2) is 5.13 Å². The number of aliphatic hydroxyl groups is 1. The SMILES string of the molecule is COc1ccc(F)cc1/C(O)=C1\C(=O)C(=O)N(c2nc(C)c(C)s2)C1c1cccnc1. The van der Waals surface area contributed by atoms with E-state index in [4.69, 9.17) is 4.74 Å². The van der Waals surface area contributed by atoms with E-state index in [0.717, 1.165) is 16.6 Å². The van der Waals surface area contributed by atoms with Crippen molar-refractivity contribution >= 4 is 33.9 Å². The normalized spacial score (nSPS) is 17.9. The second-order valence-corrected chi connectivity index (χ2v) is 8.12. The summed E-state index contributed by atoms with van der Waals surface area (Å²) in [7, 11) is 1.36. The van der Waals surface area contributed by atoms with Gasteiger partial charge in [0, 0.05) is 17.3 Å². The fourth-order valence-electron chi connectivity index (χ4n) is 3.45. The Morgan fingerprint density at radius 3 is 2.65 bits per heavy atom. The third-order valence-electron chi connectivity index (χ3n) is 5.08. The van der Waals surface area contributed by atoms with E-state index in [1.54, 1.807) is 18.3 Å². The Balaban J connectivity index is 1.98. The topological polar surface area (TPSA) is 92.6 Å². The number of carbonyl (C=O) groups is 2. The van der Waals surface area contributed by atoms with E-state index in [1.165, 1.54) is 41.7 Å². The molecular weight excluding hydrogens is 421 g/mol. The molecule has 31 heavy (non-hydrogen) atoms. The summed E-state index contributed by atoms with van der Waals surface area (Å²) >= 11 is 1.27. The molecule has 1 saturated heterocycles. The molecule has 7 nitrogen and oxygen atoms in total. The Morgan fingerprint density at radius 1 is 1.26 bits per heavy atom. The summed E-state index contributed by atoms with van der Waals surface area (Å²) in [5.41, 5.74) is 1.02. The fraction of sp³-hybridized carbons (Fsp3) is 0.182. The Bertz CT molecular complexity index is 1200. The van der Waals surface area contributed by atoms with Gasteiger partial charge in [-0.1, -0.05) is 6.07 Å². The van der Waals surface area contributed by atoms with Crippen molar-refractivity contribution in [3.05, 3.63) is 75.8 Å². The second kappa shape index (κ2) is 7.92. The molecule has 1 aromatic carbocycles. The van der Waals surface area contributed by atoms with Crippen LogP contribution in [0.1, 0.15) is 27.7 Å². The lowest BCUT2D eigenvalue weighted by atomic mass is 9.96. The smallest absolute Gasteiger partial charge is 0.301 e. The summed E-state index contributed by atoms with van der Waals surface area (Å²) in [5, 5.41) is 11.4. The first-order valence-corrected chi connectivity index (χ1v) is 10.1. The van der Waals surface area contributed by atoms with Crippen LogP contribution in [0.4, 0.5) is 9.52 Å². The minimum atomic E-state index is -0.980. The number of carbonyl (C=O) groups excluding carboxylic acids is 2. The maximum Gasteiger partial charge on any atom is 0.301 e. The third kappa shape index (κ3) is 3.46. The first-order valence-electron chi connectivity index (χ1n) is 9.32. The molecule has 0 spiro atoms. The molecule has 1 amide bonds. The molecule has 3 heterocycles. The predicted octanol–water partition coefficient (Wildman–Crippen LogP) is 3.93. The fourth-order valence-corrected chi connectivity index (χ4v) is 4.39. The zero-order valence-corrected chi connectivity index (χ0v) is 17.7. The van der Waals surface area contributed by atoms with E-state index >= 15 is 0 Å². The van der Waals surface area contributed by atoms with Gasteiger partial charge in [0.05, 0.1) is 30.0 Å². The van der Waals surface area contributed by atoms with Crippen molar-refractivity contribution in [3.8, 4) is 5.75 Å². The van der Waals surface area contributed by atoms with E-state index in [2.05, 4.69) is 9.97 Å². The van der Waals surface area contributed by atoms with E-state index in [9.17, 15) is 19.1 Å². The summed E-state index contributed by atoms with van der Waals surface area (Å²) < 4.78 is 19.2. The predicted molar refractivity (Wildman–Crippen MR) is 114 cm³/mol. The van der Waals surface area contributed by atoms with Crippen LogP contribution in [0.25, 0.3) is 5.76 Å². The van der Waals surface area contributed by atoms with Crippen LogP contribution < -0.4 is 9.64 Å². The van der Waals surface area contributed by atoms with Crippen LogP contribution in [-0.4, -0.2) is 33.9 Å². The number of rotatable bonds is 4. The van der Waals surface area contributed by atoms with Crippen molar-refractivity contribution in [2.75, 3.05) is 12.0 Å². The van der Waals surface area contributed by atoms with Gasteiger partial charge in [-0.3, -0.25) is 19.5 Å². The number of nitrogens with zero attached hydrogens (tertiary/aromatic N) is 3. The van der Waals surface area contributed by atoms with Gasteiger partial charge in [-0.15, -0.1) is 11.3 Å². The first-order chi connectivity index (χ1) is 14.8. The summed E-state index contributed by atoms with van der Waals surface area (Å²) in [4.78, 5) is 36.8. The Kier molecular flexibility index (Phi) is 5.28. The number of benzene rings is 1. The second-order valence-electron chi connectivity index (χ2n) is 6.94. The van der Waals surface area contributed by atoms with Gasteiger partial charge >= 0.3 is 5.91 Å². The number of pyridine rings is 1. The zero-order chi connectivity index (χ0) is 22.3. The van der Waals surface area contributed by atoms with Crippen molar-refractivity contribution < 1.29 is 23.8 Å². The summed E-state index contributed by atoms with van der Waals surface area (Å²) in [6.45, 7) is 3.67. The molecule has 0 saturated carbocycles. The quantitative estimate of drug-likeness (QED) is 0.376. The molecule has 4 rings (SSSR count). The van der Waals surface area contributed by atoms with Crippen LogP contribution in [0.15, 0.2) is 48.3 Å². The highest BCUT2D eigenvalue weighted by Gasteiger charge is 2.48. The molecule has 1 aliphatic heterocycles. The number of aryl methyl sites for hydroxylation is 2. The number of halogens is 1.